The highest BCUT2D eigenvalue weighted by atomic mass is 35.5. The second kappa shape index (κ2) is 5.54. The minimum atomic E-state index is -0.283. The lowest BCUT2D eigenvalue weighted by Crippen LogP contribution is -1.93. The Balaban J connectivity index is 1.84. The Morgan fingerprint density at radius 1 is 1.30 bits per heavy atom. The smallest absolute Gasteiger partial charge is 0.126 e. The summed E-state index contributed by atoms with van der Waals surface area (Å²) in [7, 11) is 0. The minimum absolute atomic E-state index is 0.283. The molecule has 2 N–H and O–H groups in total. The summed E-state index contributed by atoms with van der Waals surface area (Å²) in [4.78, 5) is 0.733. The van der Waals surface area contributed by atoms with E-state index in [1.807, 2.05) is 12.1 Å². The molecule has 0 unspecified atom stereocenters. The molecule has 5 heteroatoms. The van der Waals surface area contributed by atoms with Crippen molar-refractivity contribution in [2.24, 2.45) is 0 Å². The first-order valence-electron chi connectivity index (χ1n) is 6.25. The van der Waals surface area contributed by atoms with Gasteiger partial charge in [0.2, 0.25) is 0 Å². The van der Waals surface area contributed by atoms with Gasteiger partial charge in [-0.1, -0.05) is 11.6 Å². The highest BCUT2D eigenvalue weighted by molar-refractivity contribution is 7.98. The zero-order valence-electron chi connectivity index (χ0n) is 10.7. The van der Waals surface area contributed by atoms with Gasteiger partial charge in [-0.15, -0.1) is 11.8 Å². The van der Waals surface area contributed by atoms with E-state index in [-0.39, 0.29) is 5.82 Å². The second-order valence-corrected chi connectivity index (χ2v) is 6.08. The van der Waals surface area contributed by atoms with Gasteiger partial charge >= 0.3 is 0 Å². The maximum atomic E-state index is 13.2. The summed E-state index contributed by atoms with van der Waals surface area (Å²) in [5, 5.41) is 0.706. The van der Waals surface area contributed by atoms with Crippen molar-refractivity contribution in [1.29, 1.82) is 0 Å². The Morgan fingerprint density at radius 2 is 2.15 bits per heavy atom. The normalized spacial score (nSPS) is 13.1. The molecule has 2 nitrogen and oxygen atoms in total. The van der Waals surface area contributed by atoms with Gasteiger partial charge in [-0.3, -0.25) is 0 Å². The number of benzene rings is 2. The molecule has 0 saturated heterocycles. The van der Waals surface area contributed by atoms with Crippen LogP contribution in [-0.4, -0.2) is 6.61 Å². The molecular weight excluding hydrogens is 297 g/mol. The van der Waals surface area contributed by atoms with Crippen molar-refractivity contribution in [3.63, 3.8) is 0 Å². The Bertz CT molecular complexity index is 663. The van der Waals surface area contributed by atoms with Gasteiger partial charge in [0.25, 0.3) is 0 Å². The zero-order valence-corrected chi connectivity index (χ0v) is 12.2. The number of thioether (sulfide) groups is 1. The predicted octanol–water partition coefficient (Wildman–Crippen LogP) is 4.29. The predicted molar refractivity (Wildman–Crippen MR) is 81.0 cm³/mol. The van der Waals surface area contributed by atoms with E-state index in [0.29, 0.717) is 23.1 Å². The highest BCUT2D eigenvalue weighted by Gasteiger charge is 2.17. The number of nitrogen functional groups attached to an aromatic ring is 1. The third-order valence-electron chi connectivity index (χ3n) is 3.18. The maximum Gasteiger partial charge on any atom is 0.126 e. The fourth-order valence-corrected chi connectivity index (χ4v) is 3.46. The van der Waals surface area contributed by atoms with Crippen molar-refractivity contribution >= 4 is 29.1 Å². The van der Waals surface area contributed by atoms with Gasteiger partial charge in [0.1, 0.15) is 11.6 Å². The molecular formula is C15H13ClFNOS. The Morgan fingerprint density at radius 3 is 3.00 bits per heavy atom. The molecule has 104 valence electrons. The number of nitrogens with two attached hydrogens (primary N) is 1. The summed E-state index contributed by atoms with van der Waals surface area (Å²) in [6.07, 6.45) is 0.885. The van der Waals surface area contributed by atoms with Crippen molar-refractivity contribution in [3.8, 4) is 5.75 Å². The molecule has 3 rings (SSSR count). The fraction of sp³-hybridized carbons (Fsp3) is 0.200. The molecule has 0 atom stereocenters. The molecule has 1 heterocycles. The molecule has 0 spiro atoms. The van der Waals surface area contributed by atoms with E-state index in [4.69, 9.17) is 22.1 Å². The molecule has 0 aromatic heterocycles. The third kappa shape index (κ3) is 2.72. The van der Waals surface area contributed by atoms with Crippen LogP contribution in [0.4, 0.5) is 10.1 Å². The SMILES string of the molecule is Nc1ccc(F)cc1SCc1cc(Cl)cc2c1OCC2. The van der Waals surface area contributed by atoms with Crippen LogP contribution in [0.25, 0.3) is 0 Å². The molecule has 0 fully saturated rings. The maximum absolute atomic E-state index is 13.2. The first-order chi connectivity index (χ1) is 9.63. The van der Waals surface area contributed by atoms with E-state index in [2.05, 4.69) is 0 Å². The van der Waals surface area contributed by atoms with E-state index in [0.717, 1.165) is 28.2 Å². The number of hydrogen-bond acceptors (Lipinski definition) is 3. The monoisotopic (exact) mass is 309 g/mol. The summed E-state index contributed by atoms with van der Waals surface area (Å²) in [6, 6.07) is 8.23. The summed E-state index contributed by atoms with van der Waals surface area (Å²) in [6.45, 7) is 0.690. The highest BCUT2D eigenvalue weighted by Crippen LogP contribution is 2.37. The van der Waals surface area contributed by atoms with E-state index in [1.54, 1.807) is 6.07 Å². The molecule has 0 saturated carbocycles. The fourth-order valence-electron chi connectivity index (χ4n) is 2.24. The van der Waals surface area contributed by atoms with Crippen LogP contribution >= 0.6 is 23.4 Å². The summed E-state index contributed by atoms with van der Waals surface area (Å²) >= 11 is 7.60. The van der Waals surface area contributed by atoms with Crippen molar-refractivity contribution < 1.29 is 9.13 Å². The first-order valence-corrected chi connectivity index (χ1v) is 7.62. The van der Waals surface area contributed by atoms with Crippen LogP contribution in [0, 0.1) is 5.82 Å². The van der Waals surface area contributed by atoms with Crippen molar-refractivity contribution in [2.75, 3.05) is 12.3 Å². The van der Waals surface area contributed by atoms with Crippen molar-refractivity contribution in [1.82, 2.24) is 0 Å². The number of anilines is 1. The summed E-state index contributed by atoms with van der Waals surface area (Å²) in [5.74, 6) is 1.28. The van der Waals surface area contributed by atoms with Crippen LogP contribution in [-0.2, 0) is 12.2 Å². The van der Waals surface area contributed by atoms with Crippen molar-refractivity contribution in [2.45, 2.75) is 17.1 Å². The lowest BCUT2D eigenvalue weighted by molar-refractivity contribution is 0.354. The minimum Gasteiger partial charge on any atom is -0.493 e. The number of hydrogen-bond donors (Lipinski definition) is 1. The summed E-state index contributed by atoms with van der Waals surface area (Å²) in [5.41, 5.74) is 8.60. The van der Waals surface area contributed by atoms with Gasteiger partial charge in [0.05, 0.1) is 6.61 Å². The van der Waals surface area contributed by atoms with E-state index in [9.17, 15) is 4.39 Å². The Hall–Kier alpha value is -1.39. The molecule has 1 aliphatic heterocycles. The lowest BCUT2D eigenvalue weighted by atomic mass is 10.1. The van der Waals surface area contributed by atoms with Crippen LogP contribution in [0.3, 0.4) is 0 Å². The number of rotatable bonds is 3. The Kier molecular flexibility index (Phi) is 3.76. The molecule has 1 aliphatic rings. The second-order valence-electron chi connectivity index (χ2n) is 4.62. The van der Waals surface area contributed by atoms with E-state index >= 15 is 0 Å². The van der Waals surface area contributed by atoms with Crippen LogP contribution in [0.1, 0.15) is 11.1 Å². The van der Waals surface area contributed by atoms with Gasteiger partial charge in [0, 0.05) is 33.3 Å². The topological polar surface area (TPSA) is 35.2 Å². The van der Waals surface area contributed by atoms with Crippen LogP contribution in [0.5, 0.6) is 5.75 Å². The van der Waals surface area contributed by atoms with Crippen LogP contribution in [0.2, 0.25) is 5.02 Å². The van der Waals surface area contributed by atoms with E-state index in [1.165, 1.54) is 23.9 Å². The average Bonchev–Trinajstić information content (AvgIpc) is 2.87. The molecule has 2 aromatic rings. The molecule has 2 aromatic carbocycles. The Labute approximate surface area is 126 Å². The third-order valence-corrected chi connectivity index (χ3v) is 4.52. The van der Waals surface area contributed by atoms with Gasteiger partial charge in [0.15, 0.2) is 0 Å². The van der Waals surface area contributed by atoms with Gasteiger partial charge in [-0.2, -0.15) is 0 Å². The van der Waals surface area contributed by atoms with E-state index < -0.39 is 0 Å². The molecule has 0 aliphatic carbocycles. The number of fused-ring (bicyclic) bond motifs is 1. The molecule has 0 radical (unpaired) electrons. The van der Waals surface area contributed by atoms with Gasteiger partial charge in [-0.25, -0.2) is 4.39 Å². The van der Waals surface area contributed by atoms with Crippen LogP contribution in [0.15, 0.2) is 35.2 Å². The van der Waals surface area contributed by atoms with Crippen molar-refractivity contribution in [3.05, 3.63) is 52.3 Å². The largest absolute Gasteiger partial charge is 0.493 e. The van der Waals surface area contributed by atoms with Gasteiger partial charge < -0.3 is 10.5 Å². The summed E-state index contributed by atoms with van der Waals surface area (Å²) < 4.78 is 18.9. The van der Waals surface area contributed by atoms with Gasteiger partial charge in [-0.05, 0) is 35.9 Å². The standard InChI is InChI=1S/C15H13ClFNOS/c16-11-5-9-3-4-19-15(9)10(6-11)8-20-14-7-12(17)1-2-13(14)18/h1-2,5-7H,3-4,8,18H2. The zero-order chi connectivity index (χ0) is 14.1. The molecule has 0 amide bonds. The quantitative estimate of drug-likeness (QED) is 0.678. The first kappa shape index (κ1) is 13.6. The average molecular weight is 310 g/mol. The van der Waals surface area contributed by atoms with Crippen LogP contribution < -0.4 is 10.5 Å². The number of ether oxygens (including phenoxy) is 1. The molecule has 0 bridgehead atoms. The lowest BCUT2D eigenvalue weighted by Gasteiger charge is -2.10. The molecule has 20 heavy (non-hydrogen) atoms. The number of halogens is 2.